The Labute approximate surface area is 101 Å². The maximum Gasteiger partial charge on any atom is 0.0900 e. The first-order valence-electron chi connectivity index (χ1n) is 5.65. The van der Waals surface area contributed by atoms with E-state index in [2.05, 4.69) is 30.2 Å². The average Bonchev–Trinajstić information content (AvgIpc) is 2.59. The zero-order valence-electron chi connectivity index (χ0n) is 9.88. The third kappa shape index (κ3) is 3.14. The lowest BCUT2D eigenvalue weighted by atomic mass is 10.2. The summed E-state index contributed by atoms with van der Waals surface area (Å²) in [5.41, 5.74) is 2.54. The minimum absolute atomic E-state index is 0.780. The minimum Gasteiger partial charge on any atom is -0.377 e. The number of thiazole rings is 1. The summed E-state index contributed by atoms with van der Waals surface area (Å²) in [5.74, 6) is 0. The molecule has 0 radical (unpaired) electrons. The van der Waals surface area contributed by atoms with E-state index in [1.54, 1.807) is 11.3 Å². The van der Waals surface area contributed by atoms with E-state index < -0.39 is 0 Å². The van der Waals surface area contributed by atoms with Crippen LogP contribution in [0.4, 0.5) is 0 Å². The van der Waals surface area contributed by atoms with Gasteiger partial charge in [0.25, 0.3) is 0 Å². The van der Waals surface area contributed by atoms with Gasteiger partial charge in [0, 0.05) is 18.0 Å². The van der Waals surface area contributed by atoms with Crippen LogP contribution in [0, 0.1) is 13.8 Å². The second kappa shape index (κ2) is 5.57. The Bertz CT molecular complexity index is 384. The molecule has 0 aliphatic carbocycles. The van der Waals surface area contributed by atoms with E-state index >= 15 is 0 Å². The number of nitrogens with zero attached hydrogens (tertiary/aromatic N) is 1. The van der Waals surface area contributed by atoms with Gasteiger partial charge in [0.2, 0.25) is 0 Å². The molecule has 3 nitrogen and oxygen atoms in total. The molecule has 2 rings (SSSR count). The Morgan fingerprint density at radius 3 is 2.94 bits per heavy atom. The first-order chi connectivity index (χ1) is 7.75. The van der Waals surface area contributed by atoms with Gasteiger partial charge in [0.05, 0.1) is 23.9 Å². The molecule has 1 N–H and O–H groups in total. The molecule has 88 valence electrons. The van der Waals surface area contributed by atoms with Crippen molar-refractivity contribution in [2.75, 3.05) is 19.8 Å². The van der Waals surface area contributed by atoms with Crippen LogP contribution in [0.2, 0.25) is 0 Å². The van der Waals surface area contributed by atoms with Crippen molar-refractivity contribution in [3.63, 3.8) is 0 Å². The molecule has 0 amide bonds. The molecule has 0 bridgehead atoms. The summed E-state index contributed by atoms with van der Waals surface area (Å²) in [6.45, 7) is 7.60. The van der Waals surface area contributed by atoms with Crippen LogP contribution in [0.1, 0.15) is 22.0 Å². The van der Waals surface area contributed by atoms with Crippen molar-refractivity contribution in [3.05, 3.63) is 27.2 Å². The van der Waals surface area contributed by atoms with Gasteiger partial charge in [-0.25, -0.2) is 4.98 Å². The van der Waals surface area contributed by atoms with Crippen LogP contribution in [0.5, 0.6) is 0 Å². The molecule has 4 heteroatoms. The topological polar surface area (TPSA) is 34.2 Å². The highest BCUT2D eigenvalue weighted by Crippen LogP contribution is 2.16. The second-order valence-electron chi connectivity index (χ2n) is 4.04. The van der Waals surface area contributed by atoms with E-state index in [1.165, 1.54) is 16.1 Å². The average molecular weight is 238 g/mol. The molecule has 16 heavy (non-hydrogen) atoms. The standard InChI is InChI=1S/C12H18N2OS/c1-9-12(14-10(2)16-9)7-13-6-11-4-3-5-15-8-11/h4,13H,3,5-8H2,1-2H3. The van der Waals surface area contributed by atoms with Gasteiger partial charge in [0.15, 0.2) is 0 Å². The van der Waals surface area contributed by atoms with Crippen molar-refractivity contribution in [1.29, 1.82) is 0 Å². The van der Waals surface area contributed by atoms with Crippen LogP contribution < -0.4 is 5.32 Å². The van der Waals surface area contributed by atoms with E-state index in [0.29, 0.717) is 0 Å². The monoisotopic (exact) mass is 238 g/mol. The molecular weight excluding hydrogens is 220 g/mol. The molecule has 0 atom stereocenters. The number of hydrogen-bond acceptors (Lipinski definition) is 4. The summed E-state index contributed by atoms with van der Waals surface area (Å²) in [6, 6.07) is 0. The number of aryl methyl sites for hydroxylation is 2. The number of rotatable bonds is 4. The molecule has 0 fully saturated rings. The normalized spacial score (nSPS) is 16.2. The molecule has 0 saturated carbocycles. The Balaban J connectivity index is 1.79. The molecular formula is C12H18N2OS. The summed E-state index contributed by atoms with van der Waals surface area (Å²) in [4.78, 5) is 5.82. The van der Waals surface area contributed by atoms with Crippen molar-refractivity contribution in [1.82, 2.24) is 10.3 Å². The highest BCUT2D eigenvalue weighted by atomic mass is 32.1. The van der Waals surface area contributed by atoms with Gasteiger partial charge in [-0.2, -0.15) is 0 Å². The number of nitrogens with one attached hydrogen (secondary N) is 1. The van der Waals surface area contributed by atoms with Gasteiger partial charge >= 0.3 is 0 Å². The zero-order chi connectivity index (χ0) is 11.4. The fourth-order valence-electron chi connectivity index (χ4n) is 1.81. The number of ether oxygens (including phenoxy) is 1. The van der Waals surface area contributed by atoms with E-state index in [9.17, 15) is 0 Å². The molecule has 0 aromatic carbocycles. The van der Waals surface area contributed by atoms with Crippen molar-refractivity contribution < 1.29 is 4.74 Å². The van der Waals surface area contributed by atoms with E-state index in [4.69, 9.17) is 4.74 Å². The quantitative estimate of drug-likeness (QED) is 0.817. The van der Waals surface area contributed by atoms with Gasteiger partial charge in [-0.15, -0.1) is 11.3 Å². The van der Waals surface area contributed by atoms with Gasteiger partial charge in [-0.1, -0.05) is 6.08 Å². The van der Waals surface area contributed by atoms with E-state index in [-0.39, 0.29) is 0 Å². The highest BCUT2D eigenvalue weighted by Gasteiger charge is 2.06. The number of hydrogen-bond donors (Lipinski definition) is 1. The molecule has 0 unspecified atom stereocenters. The van der Waals surface area contributed by atoms with Crippen molar-refractivity contribution >= 4 is 11.3 Å². The lowest BCUT2D eigenvalue weighted by Crippen LogP contribution is -2.21. The SMILES string of the molecule is Cc1nc(CNCC2=CCCOC2)c(C)s1. The second-order valence-corrected chi connectivity index (χ2v) is 5.45. The Morgan fingerprint density at radius 2 is 2.31 bits per heavy atom. The summed E-state index contributed by atoms with van der Waals surface area (Å²) >= 11 is 1.76. The number of aromatic nitrogens is 1. The van der Waals surface area contributed by atoms with Crippen molar-refractivity contribution in [2.45, 2.75) is 26.8 Å². The maximum atomic E-state index is 5.39. The van der Waals surface area contributed by atoms with Crippen molar-refractivity contribution in [2.24, 2.45) is 0 Å². The molecule has 2 heterocycles. The predicted molar refractivity (Wildman–Crippen MR) is 66.8 cm³/mol. The Morgan fingerprint density at radius 1 is 1.44 bits per heavy atom. The van der Waals surface area contributed by atoms with Gasteiger partial charge in [-0.05, 0) is 25.8 Å². The van der Waals surface area contributed by atoms with E-state index in [1.807, 2.05) is 0 Å². The Kier molecular flexibility index (Phi) is 4.09. The third-order valence-electron chi connectivity index (χ3n) is 2.63. The molecule has 0 saturated heterocycles. The van der Waals surface area contributed by atoms with Crippen LogP contribution in [0.15, 0.2) is 11.6 Å². The van der Waals surface area contributed by atoms with Crippen molar-refractivity contribution in [3.8, 4) is 0 Å². The van der Waals surface area contributed by atoms with Crippen LogP contribution in [-0.2, 0) is 11.3 Å². The smallest absolute Gasteiger partial charge is 0.0900 e. The van der Waals surface area contributed by atoms with Gasteiger partial charge < -0.3 is 10.1 Å². The largest absolute Gasteiger partial charge is 0.377 e. The van der Waals surface area contributed by atoms with Crippen LogP contribution in [-0.4, -0.2) is 24.7 Å². The summed E-state index contributed by atoms with van der Waals surface area (Å²) in [6.07, 6.45) is 3.32. The van der Waals surface area contributed by atoms with Crippen LogP contribution in [0.25, 0.3) is 0 Å². The molecule has 0 spiro atoms. The van der Waals surface area contributed by atoms with Crippen LogP contribution in [0.3, 0.4) is 0 Å². The fraction of sp³-hybridized carbons (Fsp3) is 0.583. The molecule has 1 aliphatic rings. The minimum atomic E-state index is 0.780. The predicted octanol–water partition coefficient (Wildman–Crippen LogP) is 2.20. The summed E-state index contributed by atoms with van der Waals surface area (Å²) in [7, 11) is 0. The molecule has 1 aliphatic heterocycles. The lowest BCUT2D eigenvalue weighted by Gasteiger charge is -2.13. The van der Waals surface area contributed by atoms with Gasteiger partial charge in [-0.3, -0.25) is 0 Å². The third-order valence-corrected chi connectivity index (χ3v) is 3.56. The highest BCUT2D eigenvalue weighted by molar-refractivity contribution is 7.11. The summed E-state index contributed by atoms with van der Waals surface area (Å²) < 4.78 is 5.39. The first kappa shape index (κ1) is 11.8. The maximum absolute atomic E-state index is 5.39. The first-order valence-corrected chi connectivity index (χ1v) is 6.46. The van der Waals surface area contributed by atoms with E-state index in [0.717, 1.165) is 37.7 Å². The summed E-state index contributed by atoms with van der Waals surface area (Å²) in [5, 5.41) is 4.57. The molecule has 1 aromatic heterocycles. The Hall–Kier alpha value is -0.710. The zero-order valence-corrected chi connectivity index (χ0v) is 10.7. The molecule has 1 aromatic rings. The fourth-order valence-corrected chi connectivity index (χ4v) is 2.64. The lowest BCUT2D eigenvalue weighted by molar-refractivity contribution is 0.148. The van der Waals surface area contributed by atoms with Crippen LogP contribution >= 0.6 is 11.3 Å². The van der Waals surface area contributed by atoms with Gasteiger partial charge in [0.1, 0.15) is 0 Å².